The second-order valence-corrected chi connectivity index (χ2v) is 6.01. The van der Waals surface area contributed by atoms with Gasteiger partial charge >= 0.3 is 0 Å². The molecule has 2 rings (SSSR count). The average molecular weight is 311 g/mol. The number of amides is 1. The summed E-state index contributed by atoms with van der Waals surface area (Å²) in [6.45, 7) is 5.34. The summed E-state index contributed by atoms with van der Waals surface area (Å²) >= 11 is 0. The van der Waals surface area contributed by atoms with Gasteiger partial charge < -0.3 is 15.6 Å². The maximum atomic E-state index is 12.3. The summed E-state index contributed by atoms with van der Waals surface area (Å²) in [6, 6.07) is 3.86. The average Bonchev–Trinajstić information content (AvgIpc) is 2.82. The lowest BCUT2D eigenvalue weighted by Crippen LogP contribution is -2.40. The van der Waals surface area contributed by atoms with Crippen LogP contribution in [0.5, 0.6) is 0 Å². The first kappa shape index (κ1) is 17.5. The number of rotatable bonds is 5. The largest absolute Gasteiger partial charge is 0.346 e. The van der Waals surface area contributed by atoms with Crippen LogP contribution in [0.1, 0.15) is 19.4 Å². The zero-order valence-corrected chi connectivity index (χ0v) is 13.5. The first-order chi connectivity index (χ1) is 9.43. The molecule has 0 atom stereocenters. The zero-order chi connectivity index (χ0) is 14.8. The molecule has 0 aromatic carbocycles. The number of aromatic nitrogens is 2. The van der Waals surface area contributed by atoms with Crippen LogP contribution in [0.2, 0.25) is 0 Å². The summed E-state index contributed by atoms with van der Waals surface area (Å²) in [4.78, 5) is 21.4. The Labute approximate surface area is 131 Å². The molecule has 0 aliphatic rings. The molecule has 3 N–H and O–H groups in total. The number of nitrogens with one attached hydrogen (secondary N) is 1. The van der Waals surface area contributed by atoms with E-state index in [4.69, 9.17) is 5.73 Å². The minimum atomic E-state index is -0.0633. The third kappa shape index (κ3) is 4.19. The number of H-pyrrole nitrogens is 1. The smallest absolute Gasteiger partial charge is 0.226 e. The van der Waals surface area contributed by atoms with Crippen LogP contribution in [0.4, 0.5) is 0 Å². The Hall–Kier alpha value is -1.59. The molecule has 0 fully saturated rings. The lowest BCUT2D eigenvalue weighted by Gasteiger charge is -2.29. The number of carbonyl (C=O) groups excluding carboxylic acids is 1. The van der Waals surface area contributed by atoms with E-state index in [9.17, 15) is 4.79 Å². The molecule has 0 spiro atoms. The van der Waals surface area contributed by atoms with Gasteiger partial charge in [-0.05, 0) is 29.7 Å². The van der Waals surface area contributed by atoms with Gasteiger partial charge in [0.05, 0.1) is 6.42 Å². The van der Waals surface area contributed by atoms with Gasteiger partial charge in [-0.3, -0.25) is 4.79 Å². The number of pyridine rings is 1. The van der Waals surface area contributed by atoms with Gasteiger partial charge in [0, 0.05) is 31.4 Å². The molecule has 6 heteroatoms. The van der Waals surface area contributed by atoms with Crippen molar-refractivity contribution in [2.24, 2.45) is 11.1 Å². The highest BCUT2D eigenvalue weighted by atomic mass is 35.5. The molecule has 0 radical (unpaired) electrons. The Morgan fingerprint density at radius 3 is 2.86 bits per heavy atom. The number of hydrogen-bond acceptors (Lipinski definition) is 3. The van der Waals surface area contributed by atoms with Crippen LogP contribution in [0.25, 0.3) is 11.0 Å². The van der Waals surface area contributed by atoms with Crippen LogP contribution in [0.15, 0.2) is 24.5 Å². The zero-order valence-electron chi connectivity index (χ0n) is 12.7. The Bertz CT molecular complexity index is 608. The lowest BCUT2D eigenvalue weighted by atomic mass is 9.93. The van der Waals surface area contributed by atoms with Gasteiger partial charge in [0.1, 0.15) is 5.65 Å². The van der Waals surface area contributed by atoms with Crippen LogP contribution < -0.4 is 5.73 Å². The molecule has 0 saturated carbocycles. The molecule has 0 saturated heterocycles. The monoisotopic (exact) mass is 310 g/mol. The number of carbonyl (C=O) groups is 1. The Balaban J connectivity index is 0.00000220. The number of aromatic amines is 1. The molecule has 2 aromatic rings. The highest BCUT2D eigenvalue weighted by Gasteiger charge is 2.21. The van der Waals surface area contributed by atoms with Crippen molar-refractivity contribution < 1.29 is 4.79 Å². The molecule has 0 aliphatic heterocycles. The summed E-state index contributed by atoms with van der Waals surface area (Å²) in [5.41, 5.74) is 7.45. The van der Waals surface area contributed by atoms with Crippen LogP contribution >= 0.6 is 12.4 Å². The molecule has 1 amide bonds. The van der Waals surface area contributed by atoms with E-state index in [2.05, 4.69) is 23.8 Å². The Morgan fingerprint density at radius 2 is 2.19 bits per heavy atom. The van der Waals surface area contributed by atoms with Crippen molar-refractivity contribution in [2.75, 3.05) is 20.1 Å². The van der Waals surface area contributed by atoms with Gasteiger partial charge in [-0.15, -0.1) is 12.4 Å². The number of hydrogen-bond donors (Lipinski definition) is 2. The molecule has 116 valence electrons. The van der Waals surface area contributed by atoms with Crippen LogP contribution in [-0.2, 0) is 11.2 Å². The third-order valence-electron chi connectivity index (χ3n) is 3.52. The molecule has 2 aromatic heterocycles. The standard InChI is InChI=1S/C15H22N4O.ClH/c1-15(2,9-16)10-19(3)13(20)7-11-8-18-14-12(11)5-4-6-17-14;/h4-6,8H,7,9-10,16H2,1-3H3,(H,17,18);1H. The first-order valence-electron chi connectivity index (χ1n) is 6.78. The van der Waals surface area contributed by atoms with Crippen molar-refractivity contribution in [3.8, 4) is 0 Å². The normalized spacial score (nSPS) is 11.2. The predicted molar refractivity (Wildman–Crippen MR) is 87.5 cm³/mol. The topological polar surface area (TPSA) is 75.0 Å². The van der Waals surface area contributed by atoms with Crippen molar-refractivity contribution in [2.45, 2.75) is 20.3 Å². The van der Waals surface area contributed by atoms with Crippen LogP contribution in [0.3, 0.4) is 0 Å². The Morgan fingerprint density at radius 1 is 1.48 bits per heavy atom. The second-order valence-electron chi connectivity index (χ2n) is 6.01. The van der Waals surface area contributed by atoms with E-state index in [1.807, 2.05) is 25.4 Å². The summed E-state index contributed by atoms with van der Waals surface area (Å²) in [6.07, 6.45) is 3.97. The van der Waals surface area contributed by atoms with E-state index in [0.717, 1.165) is 16.6 Å². The fourth-order valence-corrected chi connectivity index (χ4v) is 2.25. The number of likely N-dealkylation sites (N-methyl/N-ethyl adjacent to an activating group) is 1. The van der Waals surface area contributed by atoms with Gasteiger partial charge in [0.25, 0.3) is 0 Å². The highest BCUT2D eigenvalue weighted by molar-refractivity contribution is 5.87. The highest BCUT2D eigenvalue weighted by Crippen LogP contribution is 2.18. The summed E-state index contributed by atoms with van der Waals surface area (Å²) in [7, 11) is 1.83. The minimum Gasteiger partial charge on any atom is -0.346 e. The maximum Gasteiger partial charge on any atom is 0.226 e. The van der Waals surface area contributed by atoms with Crippen molar-refractivity contribution >= 4 is 29.3 Å². The van der Waals surface area contributed by atoms with E-state index in [0.29, 0.717) is 19.5 Å². The third-order valence-corrected chi connectivity index (χ3v) is 3.52. The Kier molecular flexibility index (Phi) is 5.75. The van der Waals surface area contributed by atoms with Crippen molar-refractivity contribution in [1.29, 1.82) is 0 Å². The van der Waals surface area contributed by atoms with E-state index in [1.165, 1.54) is 0 Å². The lowest BCUT2D eigenvalue weighted by molar-refractivity contribution is -0.130. The fraction of sp³-hybridized carbons (Fsp3) is 0.467. The van der Waals surface area contributed by atoms with Crippen molar-refractivity contribution in [1.82, 2.24) is 14.9 Å². The van der Waals surface area contributed by atoms with Crippen molar-refractivity contribution in [3.05, 3.63) is 30.1 Å². The SMILES string of the molecule is CN(CC(C)(C)CN)C(=O)Cc1c[nH]c2ncccc12.Cl. The molecular weight excluding hydrogens is 288 g/mol. The molecular formula is C15H23ClN4O. The minimum absolute atomic E-state index is 0. The van der Waals surface area contributed by atoms with Gasteiger partial charge in [0.2, 0.25) is 5.91 Å². The molecule has 0 bridgehead atoms. The summed E-state index contributed by atoms with van der Waals surface area (Å²) < 4.78 is 0. The fourth-order valence-electron chi connectivity index (χ4n) is 2.25. The van der Waals surface area contributed by atoms with Crippen LogP contribution in [0, 0.1) is 5.41 Å². The summed E-state index contributed by atoms with van der Waals surface area (Å²) in [5, 5.41) is 1.01. The number of fused-ring (bicyclic) bond motifs is 1. The summed E-state index contributed by atoms with van der Waals surface area (Å²) in [5.74, 6) is 0.0938. The second kappa shape index (κ2) is 6.91. The van der Waals surface area contributed by atoms with E-state index in [-0.39, 0.29) is 23.7 Å². The number of nitrogens with two attached hydrogens (primary N) is 1. The van der Waals surface area contributed by atoms with E-state index >= 15 is 0 Å². The molecule has 0 aliphatic carbocycles. The van der Waals surface area contributed by atoms with Crippen LogP contribution in [-0.4, -0.2) is 40.9 Å². The van der Waals surface area contributed by atoms with Gasteiger partial charge in [-0.1, -0.05) is 13.8 Å². The quantitative estimate of drug-likeness (QED) is 0.886. The molecule has 2 heterocycles. The molecule has 5 nitrogen and oxygen atoms in total. The van der Waals surface area contributed by atoms with Gasteiger partial charge in [0.15, 0.2) is 0 Å². The predicted octanol–water partition coefficient (Wildman–Crippen LogP) is 1.97. The molecule has 0 unspecified atom stereocenters. The molecule has 21 heavy (non-hydrogen) atoms. The first-order valence-corrected chi connectivity index (χ1v) is 6.78. The van der Waals surface area contributed by atoms with Gasteiger partial charge in [-0.2, -0.15) is 0 Å². The van der Waals surface area contributed by atoms with E-state index < -0.39 is 0 Å². The number of halogens is 1. The number of nitrogens with zero attached hydrogens (tertiary/aromatic N) is 2. The van der Waals surface area contributed by atoms with Gasteiger partial charge in [-0.25, -0.2) is 4.98 Å². The maximum absolute atomic E-state index is 12.3. The van der Waals surface area contributed by atoms with E-state index in [1.54, 1.807) is 11.1 Å². The van der Waals surface area contributed by atoms with Crippen molar-refractivity contribution in [3.63, 3.8) is 0 Å².